The van der Waals surface area contributed by atoms with Crippen LogP contribution in [0.2, 0.25) is 0 Å². The summed E-state index contributed by atoms with van der Waals surface area (Å²) in [6.07, 6.45) is 4.74. The van der Waals surface area contributed by atoms with Crippen molar-refractivity contribution in [1.82, 2.24) is 9.78 Å². The zero-order chi connectivity index (χ0) is 25.3. The maximum atomic E-state index is 13.8. The molecule has 0 radical (unpaired) electrons. The van der Waals surface area contributed by atoms with Crippen molar-refractivity contribution >= 4 is 17.1 Å². The highest BCUT2D eigenvalue weighted by Gasteiger charge is 2.33. The van der Waals surface area contributed by atoms with Gasteiger partial charge in [0.1, 0.15) is 17.1 Å². The Kier molecular flexibility index (Phi) is 7.03. The van der Waals surface area contributed by atoms with Crippen molar-refractivity contribution in [3.8, 4) is 17.4 Å². The van der Waals surface area contributed by atoms with Crippen LogP contribution in [0.5, 0.6) is 17.4 Å². The molecule has 4 rings (SSSR count). The first-order valence-electron chi connectivity index (χ1n) is 11.8. The molecule has 1 heterocycles. The number of aryl methyl sites for hydroxylation is 2. The van der Waals surface area contributed by atoms with Gasteiger partial charge in [-0.3, -0.25) is 4.79 Å². The largest absolute Gasteiger partial charge is 0.497 e. The standard InChI is InChI=1S/C27H32N2O5S/c1-7-29-26(34-35(31)33-20-12-10-19(32-6)11-13-20)23(16-28-29)25(30)22-15-17(2)21-9-8-14-27(4,5)24(21)18(22)3/h10-13,15-16H,7-9,14H2,1-6H3. The lowest BCUT2D eigenvalue weighted by Crippen LogP contribution is -2.27. The van der Waals surface area contributed by atoms with Crippen molar-refractivity contribution < 1.29 is 22.1 Å². The highest BCUT2D eigenvalue weighted by atomic mass is 32.2. The third-order valence-electron chi connectivity index (χ3n) is 6.77. The van der Waals surface area contributed by atoms with Crippen LogP contribution in [0.15, 0.2) is 36.5 Å². The Hall–Kier alpha value is -3.13. The number of ketones is 1. The Labute approximate surface area is 209 Å². The Bertz CT molecular complexity index is 1280. The van der Waals surface area contributed by atoms with Gasteiger partial charge in [-0.1, -0.05) is 13.8 Å². The molecule has 186 valence electrons. The molecule has 0 aliphatic heterocycles. The Balaban J connectivity index is 1.66. The Morgan fingerprint density at radius 1 is 1.11 bits per heavy atom. The molecule has 1 aliphatic rings. The van der Waals surface area contributed by atoms with E-state index in [9.17, 15) is 9.00 Å². The maximum Gasteiger partial charge on any atom is 0.419 e. The van der Waals surface area contributed by atoms with Crippen LogP contribution in [0.1, 0.15) is 71.8 Å². The lowest BCUT2D eigenvalue weighted by Gasteiger charge is -2.36. The molecule has 1 atom stereocenters. The molecule has 0 saturated heterocycles. The first-order chi connectivity index (χ1) is 16.7. The molecule has 0 spiro atoms. The summed E-state index contributed by atoms with van der Waals surface area (Å²) in [5, 5.41) is 4.30. The summed E-state index contributed by atoms with van der Waals surface area (Å²) in [5.41, 5.74) is 5.62. The van der Waals surface area contributed by atoms with Gasteiger partial charge in [-0.2, -0.15) is 9.31 Å². The van der Waals surface area contributed by atoms with Gasteiger partial charge >= 0.3 is 11.4 Å². The quantitative estimate of drug-likeness (QED) is 0.388. The Morgan fingerprint density at radius 2 is 1.80 bits per heavy atom. The lowest BCUT2D eigenvalue weighted by molar-refractivity contribution is 0.103. The SMILES string of the molecule is CCn1ncc(C(=O)c2cc(C)c3c(c2C)C(C)(C)CCC3)c1OS(=O)Oc1ccc(OC)cc1. The molecule has 3 aromatic rings. The van der Waals surface area contributed by atoms with Gasteiger partial charge in [0.2, 0.25) is 5.88 Å². The monoisotopic (exact) mass is 496 g/mol. The molecule has 35 heavy (non-hydrogen) atoms. The van der Waals surface area contributed by atoms with Crippen molar-refractivity contribution in [1.29, 1.82) is 0 Å². The normalized spacial score (nSPS) is 15.3. The number of rotatable bonds is 8. The summed E-state index contributed by atoms with van der Waals surface area (Å²) in [7, 11) is 1.56. The highest BCUT2D eigenvalue weighted by Crippen LogP contribution is 2.42. The molecule has 0 N–H and O–H groups in total. The first-order valence-corrected chi connectivity index (χ1v) is 12.8. The molecule has 1 unspecified atom stereocenters. The second kappa shape index (κ2) is 9.85. The fourth-order valence-corrected chi connectivity index (χ4v) is 5.66. The summed E-state index contributed by atoms with van der Waals surface area (Å²) < 4.78 is 30.4. The van der Waals surface area contributed by atoms with E-state index in [0.29, 0.717) is 23.6 Å². The van der Waals surface area contributed by atoms with E-state index in [1.165, 1.54) is 22.0 Å². The van der Waals surface area contributed by atoms with Crippen molar-refractivity contribution in [2.45, 2.75) is 65.8 Å². The topological polar surface area (TPSA) is 79.7 Å². The summed E-state index contributed by atoms with van der Waals surface area (Å²) in [5.74, 6) is 0.923. The number of aromatic nitrogens is 2. The first kappa shape index (κ1) is 25.0. The predicted octanol–water partition coefficient (Wildman–Crippen LogP) is 5.41. The number of carbonyl (C=O) groups excluding carboxylic acids is 1. The van der Waals surface area contributed by atoms with Crippen molar-refractivity contribution in [3.05, 3.63) is 69.9 Å². The fourth-order valence-electron chi connectivity index (χ4n) is 5.06. The van der Waals surface area contributed by atoms with Gasteiger partial charge in [0.05, 0.1) is 13.3 Å². The van der Waals surface area contributed by atoms with Gasteiger partial charge < -0.3 is 13.1 Å². The maximum absolute atomic E-state index is 13.8. The number of ether oxygens (including phenoxy) is 1. The number of carbonyl (C=O) groups is 1. The van der Waals surface area contributed by atoms with Crippen LogP contribution in [0.3, 0.4) is 0 Å². The molecule has 0 fully saturated rings. The lowest BCUT2D eigenvalue weighted by atomic mass is 9.68. The Morgan fingerprint density at radius 3 is 2.46 bits per heavy atom. The minimum Gasteiger partial charge on any atom is -0.497 e. The summed E-state index contributed by atoms with van der Waals surface area (Å²) in [4.78, 5) is 13.8. The van der Waals surface area contributed by atoms with E-state index < -0.39 is 11.4 Å². The fraction of sp³-hybridized carbons (Fsp3) is 0.407. The summed E-state index contributed by atoms with van der Waals surface area (Å²) >= 11 is -2.18. The molecule has 1 aliphatic carbocycles. The van der Waals surface area contributed by atoms with E-state index in [4.69, 9.17) is 13.1 Å². The molecule has 7 nitrogen and oxygen atoms in total. The van der Waals surface area contributed by atoms with Gasteiger partial charge in [0.15, 0.2) is 5.78 Å². The van der Waals surface area contributed by atoms with Crippen LogP contribution >= 0.6 is 0 Å². The molecular weight excluding hydrogens is 464 g/mol. The zero-order valence-electron chi connectivity index (χ0n) is 21.1. The molecule has 1 aromatic heterocycles. The van der Waals surface area contributed by atoms with Crippen LogP contribution in [0.4, 0.5) is 0 Å². The number of nitrogens with zero attached hydrogens (tertiary/aromatic N) is 2. The molecule has 0 saturated carbocycles. The van der Waals surface area contributed by atoms with Gasteiger partial charge in [0.25, 0.3) is 0 Å². The van der Waals surface area contributed by atoms with E-state index in [1.54, 1.807) is 31.4 Å². The number of fused-ring (bicyclic) bond motifs is 1. The van der Waals surface area contributed by atoms with Gasteiger partial charge in [-0.05, 0) is 98.0 Å². The van der Waals surface area contributed by atoms with E-state index in [-0.39, 0.29) is 22.6 Å². The molecule has 0 amide bonds. The number of hydrogen-bond donors (Lipinski definition) is 0. The predicted molar refractivity (Wildman–Crippen MR) is 136 cm³/mol. The summed E-state index contributed by atoms with van der Waals surface area (Å²) in [6.45, 7) is 10.9. The zero-order valence-corrected chi connectivity index (χ0v) is 22.0. The average Bonchev–Trinajstić information content (AvgIpc) is 3.23. The van der Waals surface area contributed by atoms with E-state index >= 15 is 0 Å². The van der Waals surface area contributed by atoms with Gasteiger partial charge in [-0.25, -0.2) is 4.68 Å². The average molecular weight is 497 g/mol. The minimum absolute atomic E-state index is 0.000647. The second-order valence-corrected chi connectivity index (χ2v) is 10.3. The van der Waals surface area contributed by atoms with Crippen molar-refractivity contribution in [2.75, 3.05) is 7.11 Å². The van der Waals surface area contributed by atoms with Crippen LogP contribution in [0, 0.1) is 13.8 Å². The number of benzene rings is 2. The molecule has 0 bridgehead atoms. The number of methoxy groups -OCH3 is 1. The van der Waals surface area contributed by atoms with Gasteiger partial charge in [0, 0.05) is 12.1 Å². The molecular formula is C27H32N2O5S. The number of hydrogen-bond acceptors (Lipinski definition) is 6. The summed E-state index contributed by atoms with van der Waals surface area (Å²) in [6, 6.07) is 8.62. The highest BCUT2D eigenvalue weighted by molar-refractivity contribution is 7.75. The van der Waals surface area contributed by atoms with Crippen molar-refractivity contribution in [2.24, 2.45) is 0 Å². The van der Waals surface area contributed by atoms with E-state index in [1.807, 2.05) is 19.9 Å². The second-order valence-electron chi connectivity index (χ2n) is 9.51. The third-order valence-corrected chi connectivity index (χ3v) is 7.40. The third kappa shape index (κ3) is 4.85. The van der Waals surface area contributed by atoms with Gasteiger partial charge in [-0.15, -0.1) is 0 Å². The molecule has 8 heteroatoms. The van der Waals surface area contributed by atoms with Crippen LogP contribution in [0.25, 0.3) is 0 Å². The van der Waals surface area contributed by atoms with Crippen LogP contribution in [-0.2, 0) is 29.7 Å². The molecule has 2 aromatic carbocycles. The van der Waals surface area contributed by atoms with Crippen molar-refractivity contribution in [3.63, 3.8) is 0 Å². The van der Waals surface area contributed by atoms with E-state index in [0.717, 1.165) is 30.4 Å². The van der Waals surface area contributed by atoms with Crippen LogP contribution in [-0.4, -0.2) is 26.9 Å². The minimum atomic E-state index is -2.18. The smallest absolute Gasteiger partial charge is 0.419 e. The van der Waals surface area contributed by atoms with E-state index in [2.05, 4.69) is 25.9 Å². The van der Waals surface area contributed by atoms with Crippen LogP contribution < -0.4 is 13.1 Å².